The highest BCUT2D eigenvalue weighted by atomic mass is 16.4. The second kappa shape index (κ2) is 4.49. The maximum atomic E-state index is 11.5. The lowest BCUT2D eigenvalue weighted by Gasteiger charge is -2.33. The predicted molar refractivity (Wildman–Crippen MR) is 63.5 cm³/mol. The second-order valence-corrected chi connectivity index (χ2v) is 4.70. The number of hydrogen-bond acceptors (Lipinski definition) is 3. The number of likely N-dealkylation sites (tertiary alicyclic amines) is 1. The highest BCUT2D eigenvalue weighted by molar-refractivity contribution is 5.79. The molecule has 0 amide bonds. The normalized spacial score (nSPS) is 25.3. The van der Waals surface area contributed by atoms with Gasteiger partial charge in [-0.05, 0) is 31.9 Å². The van der Waals surface area contributed by atoms with Crippen LogP contribution in [0.15, 0.2) is 12.3 Å². The Morgan fingerprint density at radius 2 is 2.41 bits per heavy atom. The van der Waals surface area contributed by atoms with Crippen molar-refractivity contribution >= 4 is 5.97 Å². The van der Waals surface area contributed by atoms with Gasteiger partial charge in [-0.1, -0.05) is 6.92 Å². The molecular formula is C12H19N3O2. The fraction of sp³-hybridized carbons (Fsp3) is 0.667. The van der Waals surface area contributed by atoms with Crippen LogP contribution in [0.4, 0.5) is 0 Å². The number of carboxylic acids is 1. The van der Waals surface area contributed by atoms with Crippen LogP contribution < -0.4 is 0 Å². The van der Waals surface area contributed by atoms with E-state index in [2.05, 4.69) is 10.00 Å². The van der Waals surface area contributed by atoms with Crippen molar-refractivity contribution in [1.82, 2.24) is 14.7 Å². The maximum Gasteiger partial charge on any atom is 0.324 e. The molecule has 1 atom stereocenters. The Kier molecular flexibility index (Phi) is 3.19. The summed E-state index contributed by atoms with van der Waals surface area (Å²) in [5, 5.41) is 13.8. The van der Waals surface area contributed by atoms with Gasteiger partial charge >= 0.3 is 5.97 Å². The SMILES string of the molecule is CCC1(C(=O)O)CCCN1Cc1ccn(C)n1. The van der Waals surface area contributed by atoms with Gasteiger partial charge in [0, 0.05) is 19.8 Å². The highest BCUT2D eigenvalue weighted by Crippen LogP contribution is 2.33. The second-order valence-electron chi connectivity index (χ2n) is 4.70. The largest absolute Gasteiger partial charge is 0.480 e. The van der Waals surface area contributed by atoms with Crippen LogP contribution in [-0.4, -0.2) is 37.8 Å². The van der Waals surface area contributed by atoms with Crippen LogP contribution in [0.5, 0.6) is 0 Å². The average molecular weight is 237 g/mol. The number of nitrogens with zero attached hydrogens (tertiary/aromatic N) is 3. The number of carboxylic acid groups (broad SMARTS) is 1. The minimum Gasteiger partial charge on any atom is -0.480 e. The van der Waals surface area contributed by atoms with Crippen LogP contribution in [0.1, 0.15) is 31.9 Å². The molecule has 5 nitrogen and oxygen atoms in total. The zero-order valence-corrected chi connectivity index (χ0v) is 10.4. The smallest absolute Gasteiger partial charge is 0.324 e. The van der Waals surface area contributed by atoms with E-state index >= 15 is 0 Å². The molecule has 0 bridgehead atoms. The number of aryl methyl sites for hydroxylation is 1. The molecule has 2 rings (SSSR count). The molecule has 1 aromatic rings. The van der Waals surface area contributed by atoms with Gasteiger partial charge < -0.3 is 5.11 Å². The van der Waals surface area contributed by atoms with E-state index < -0.39 is 11.5 Å². The first-order chi connectivity index (χ1) is 8.08. The van der Waals surface area contributed by atoms with Gasteiger partial charge in [-0.2, -0.15) is 5.10 Å². The highest BCUT2D eigenvalue weighted by Gasteiger charge is 2.46. The van der Waals surface area contributed by atoms with Crippen LogP contribution in [0, 0.1) is 0 Å². The Morgan fingerprint density at radius 1 is 1.65 bits per heavy atom. The lowest BCUT2D eigenvalue weighted by Crippen LogP contribution is -2.49. The van der Waals surface area contributed by atoms with E-state index in [4.69, 9.17) is 0 Å². The molecule has 5 heteroatoms. The number of aliphatic carboxylic acids is 1. The van der Waals surface area contributed by atoms with Crippen molar-refractivity contribution in [3.8, 4) is 0 Å². The monoisotopic (exact) mass is 237 g/mol. The van der Waals surface area contributed by atoms with E-state index in [1.54, 1.807) is 4.68 Å². The summed E-state index contributed by atoms with van der Waals surface area (Å²) in [6.45, 7) is 3.42. The van der Waals surface area contributed by atoms with Crippen LogP contribution in [0.3, 0.4) is 0 Å². The fourth-order valence-corrected chi connectivity index (χ4v) is 2.70. The van der Waals surface area contributed by atoms with E-state index in [0.717, 1.165) is 25.1 Å². The van der Waals surface area contributed by atoms with Crippen molar-refractivity contribution < 1.29 is 9.90 Å². The summed E-state index contributed by atoms with van der Waals surface area (Å²) in [6, 6.07) is 1.95. The van der Waals surface area contributed by atoms with Gasteiger partial charge in [0.25, 0.3) is 0 Å². The minimum absolute atomic E-state index is 0.626. The van der Waals surface area contributed by atoms with Crippen LogP contribution in [0.25, 0.3) is 0 Å². The zero-order valence-electron chi connectivity index (χ0n) is 10.4. The fourth-order valence-electron chi connectivity index (χ4n) is 2.70. The van der Waals surface area contributed by atoms with Crippen molar-refractivity contribution in [2.75, 3.05) is 6.54 Å². The molecule has 2 heterocycles. The van der Waals surface area contributed by atoms with Crippen molar-refractivity contribution in [3.63, 3.8) is 0 Å². The van der Waals surface area contributed by atoms with Gasteiger partial charge in [0.05, 0.1) is 5.69 Å². The minimum atomic E-state index is -0.701. The third-order valence-electron chi connectivity index (χ3n) is 3.73. The summed E-state index contributed by atoms with van der Waals surface area (Å²) in [4.78, 5) is 13.5. The first kappa shape index (κ1) is 12.1. The summed E-state index contributed by atoms with van der Waals surface area (Å²) >= 11 is 0. The summed E-state index contributed by atoms with van der Waals surface area (Å²) in [7, 11) is 1.87. The maximum absolute atomic E-state index is 11.5. The van der Waals surface area contributed by atoms with E-state index in [9.17, 15) is 9.90 Å². The van der Waals surface area contributed by atoms with Crippen molar-refractivity contribution in [2.24, 2.45) is 7.05 Å². The van der Waals surface area contributed by atoms with E-state index in [1.165, 1.54) is 0 Å². The van der Waals surface area contributed by atoms with Gasteiger partial charge in [-0.25, -0.2) is 0 Å². The number of aromatic nitrogens is 2. The number of rotatable bonds is 4. The Hall–Kier alpha value is -1.36. The molecule has 1 fully saturated rings. The average Bonchev–Trinajstić information content (AvgIpc) is 2.86. The molecule has 1 N–H and O–H groups in total. The summed E-state index contributed by atoms with van der Waals surface area (Å²) in [5.74, 6) is -0.701. The standard InChI is InChI=1S/C12H19N3O2/c1-3-12(11(16)17)6-4-7-15(12)9-10-5-8-14(2)13-10/h5,8H,3-4,6-7,9H2,1-2H3,(H,16,17). The molecule has 1 saturated heterocycles. The van der Waals surface area contributed by atoms with Crippen molar-refractivity contribution in [3.05, 3.63) is 18.0 Å². The zero-order chi connectivity index (χ0) is 12.5. The number of hydrogen-bond donors (Lipinski definition) is 1. The summed E-state index contributed by atoms with van der Waals surface area (Å²) < 4.78 is 1.75. The topological polar surface area (TPSA) is 58.4 Å². The Labute approximate surface area is 101 Å². The van der Waals surface area contributed by atoms with E-state index in [-0.39, 0.29) is 0 Å². The lowest BCUT2D eigenvalue weighted by atomic mass is 9.93. The lowest BCUT2D eigenvalue weighted by molar-refractivity contribution is -0.150. The Bertz CT molecular complexity index is 416. The van der Waals surface area contributed by atoms with Crippen molar-refractivity contribution in [2.45, 2.75) is 38.3 Å². The van der Waals surface area contributed by atoms with Crippen LogP contribution in [-0.2, 0) is 18.4 Å². The molecule has 1 aromatic heterocycles. The molecule has 0 spiro atoms. The molecular weight excluding hydrogens is 218 g/mol. The first-order valence-electron chi connectivity index (χ1n) is 6.05. The predicted octanol–water partition coefficient (Wildman–Crippen LogP) is 1.25. The van der Waals surface area contributed by atoms with Gasteiger partial charge in [-0.3, -0.25) is 14.4 Å². The van der Waals surface area contributed by atoms with Crippen LogP contribution in [0.2, 0.25) is 0 Å². The van der Waals surface area contributed by atoms with Crippen molar-refractivity contribution in [1.29, 1.82) is 0 Å². The molecule has 1 aliphatic rings. The van der Waals surface area contributed by atoms with Gasteiger partial charge in [0.2, 0.25) is 0 Å². The van der Waals surface area contributed by atoms with Gasteiger partial charge in [0.1, 0.15) is 5.54 Å². The number of carbonyl (C=O) groups is 1. The first-order valence-corrected chi connectivity index (χ1v) is 6.05. The molecule has 0 radical (unpaired) electrons. The van der Waals surface area contributed by atoms with E-state index in [1.807, 2.05) is 26.2 Å². The molecule has 0 saturated carbocycles. The summed E-state index contributed by atoms with van der Waals surface area (Å²) in [5.41, 5.74) is 0.255. The van der Waals surface area contributed by atoms with Gasteiger partial charge in [0.15, 0.2) is 0 Å². The molecule has 1 unspecified atom stereocenters. The van der Waals surface area contributed by atoms with E-state index in [0.29, 0.717) is 13.0 Å². The quantitative estimate of drug-likeness (QED) is 0.856. The molecule has 0 aromatic carbocycles. The third-order valence-corrected chi connectivity index (χ3v) is 3.73. The molecule has 17 heavy (non-hydrogen) atoms. The molecule has 0 aliphatic carbocycles. The summed E-state index contributed by atoms with van der Waals surface area (Å²) in [6.07, 6.45) is 4.23. The Balaban J connectivity index is 2.17. The Morgan fingerprint density at radius 3 is 2.94 bits per heavy atom. The third kappa shape index (κ3) is 2.07. The molecule has 94 valence electrons. The van der Waals surface area contributed by atoms with Crippen LogP contribution >= 0.6 is 0 Å². The van der Waals surface area contributed by atoms with Gasteiger partial charge in [-0.15, -0.1) is 0 Å². The molecule has 1 aliphatic heterocycles.